The molecule has 0 amide bonds. The van der Waals surface area contributed by atoms with Crippen molar-refractivity contribution in [3.05, 3.63) is 65.7 Å². The van der Waals surface area contributed by atoms with Gasteiger partial charge >= 0.3 is 0 Å². The van der Waals surface area contributed by atoms with Gasteiger partial charge in [0.15, 0.2) is 0 Å². The first kappa shape index (κ1) is 18.0. The minimum atomic E-state index is -1.07. The van der Waals surface area contributed by atoms with E-state index in [4.69, 9.17) is 0 Å². The van der Waals surface area contributed by atoms with Gasteiger partial charge in [-0.25, -0.2) is 17.7 Å². The van der Waals surface area contributed by atoms with Gasteiger partial charge in [-0.2, -0.15) is 0 Å². The summed E-state index contributed by atoms with van der Waals surface area (Å²) in [6.45, 7) is 3.85. The molecular weight excluding hydrogens is 340 g/mol. The summed E-state index contributed by atoms with van der Waals surface area (Å²) in [5, 5.41) is 0.0621. The first-order chi connectivity index (χ1) is 11.9. The van der Waals surface area contributed by atoms with Gasteiger partial charge in [0.2, 0.25) is 0 Å². The minimum absolute atomic E-state index is 0.0621. The van der Waals surface area contributed by atoms with Crippen LogP contribution < -0.4 is 4.72 Å². The molecule has 5 heteroatoms. The Balaban J connectivity index is 1.81. The van der Waals surface area contributed by atoms with Crippen LogP contribution in [0.2, 0.25) is 0 Å². The number of nitrogens with one attached hydrogen (secondary N) is 1. The normalized spacial score (nSPS) is 18.4. The summed E-state index contributed by atoms with van der Waals surface area (Å²) in [5.74, 6) is -1.17. The molecule has 0 spiro atoms. The average Bonchev–Trinajstić information content (AvgIpc) is 3.02. The van der Waals surface area contributed by atoms with E-state index in [0.717, 1.165) is 35.6 Å². The Morgan fingerprint density at radius 1 is 1.00 bits per heavy atom. The molecule has 2 atom stereocenters. The lowest BCUT2D eigenvalue weighted by atomic mass is 9.98. The van der Waals surface area contributed by atoms with Crippen molar-refractivity contribution >= 4 is 16.6 Å². The van der Waals surface area contributed by atoms with Gasteiger partial charge in [-0.3, -0.25) is 0 Å². The summed E-state index contributed by atoms with van der Waals surface area (Å²) in [5.41, 5.74) is 3.44. The molecule has 0 aromatic heterocycles. The van der Waals surface area contributed by atoms with Crippen LogP contribution in [-0.2, 0) is 11.0 Å². The molecular formula is C20H21F2NOS. The largest absolute Gasteiger partial charge is 0.243 e. The van der Waals surface area contributed by atoms with Gasteiger partial charge in [0.05, 0.1) is 11.0 Å². The predicted octanol–water partition coefficient (Wildman–Crippen LogP) is 4.84. The van der Waals surface area contributed by atoms with Crippen LogP contribution in [0.25, 0.3) is 16.7 Å². The van der Waals surface area contributed by atoms with Gasteiger partial charge in [0.1, 0.15) is 11.6 Å². The van der Waals surface area contributed by atoms with Gasteiger partial charge in [-0.15, -0.1) is 0 Å². The Hall–Kier alpha value is -1.85. The first-order valence-corrected chi connectivity index (χ1v) is 9.59. The zero-order chi connectivity index (χ0) is 18.0. The third-order valence-electron chi connectivity index (χ3n) is 4.30. The Kier molecular flexibility index (Phi) is 5.45. The van der Waals surface area contributed by atoms with Gasteiger partial charge in [0, 0.05) is 17.4 Å². The Labute approximate surface area is 149 Å². The fraction of sp³-hybridized carbons (Fsp3) is 0.300. The highest BCUT2D eigenvalue weighted by Crippen LogP contribution is 2.31. The maximum Gasteiger partial charge on any atom is 0.126 e. The molecule has 3 rings (SSSR count). The highest BCUT2D eigenvalue weighted by Gasteiger charge is 2.23. The molecule has 0 fully saturated rings. The first-order valence-electron chi connectivity index (χ1n) is 8.38. The molecule has 132 valence electrons. The summed E-state index contributed by atoms with van der Waals surface area (Å²) >= 11 is 0. The lowest BCUT2D eigenvalue weighted by molar-refractivity contribution is 0.584. The summed E-state index contributed by atoms with van der Waals surface area (Å²) < 4.78 is 42.1. The quantitative estimate of drug-likeness (QED) is 0.811. The molecule has 0 heterocycles. The molecule has 25 heavy (non-hydrogen) atoms. The van der Waals surface area contributed by atoms with Crippen LogP contribution in [0.15, 0.2) is 48.5 Å². The number of halogens is 2. The van der Waals surface area contributed by atoms with Crippen molar-refractivity contribution in [1.82, 2.24) is 4.72 Å². The summed E-state index contributed by atoms with van der Waals surface area (Å²) in [4.78, 5) is 0. The van der Waals surface area contributed by atoms with Crippen molar-refractivity contribution in [2.45, 2.75) is 38.0 Å². The lowest BCUT2D eigenvalue weighted by Crippen LogP contribution is -2.33. The van der Waals surface area contributed by atoms with Crippen molar-refractivity contribution in [1.29, 1.82) is 0 Å². The van der Waals surface area contributed by atoms with Gasteiger partial charge in [-0.05, 0) is 61.1 Å². The van der Waals surface area contributed by atoms with Gasteiger partial charge in [0.25, 0.3) is 0 Å². The van der Waals surface area contributed by atoms with Crippen molar-refractivity contribution in [2.24, 2.45) is 0 Å². The molecule has 2 unspecified atom stereocenters. The Morgan fingerprint density at radius 3 is 2.20 bits per heavy atom. The van der Waals surface area contributed by atoms with Crippen LogP contribution in [0.5, 0.6) is 0 Å². The highest BCUT2D eigenvalue weighted by molar-refractivity contribution is 7.83. The van der Waals surface area contributed by atoms with Crippen molar-refractivity contribution in [2.75, 3.05) is 0 Å². The molecule has 2 nitrogen and oxygen atoms in total. The summed E-state index contributed by atoms with van der Waals surface area (Å²) in [6.07, 6.45) is 4.02. The minimum Gasteiger partial charge on any atom is -0.243 e. The van der Waals surface area contributed by atoms with E-state index in [1.165, 1.54) is 12.1 Å². The van der Waals surface area contributed by atoms with Crippen LogP contribution in [0.1, 0.15) is 32.3 Å². The zero-order valence-electron chi connectivity index (χ0n) is 14.3. The van der Waals surface area contributed by atoms with E-state index in [1.54, 1.807) is 0 Å². The topological polar surface area (TPSA) is 29.1 Å². The predicted molar refractivity (Wildman–Crippen MR) is 99.2 cm³/mol. The standard InChI is InChI=1S/C20H21F2NOS/c1-13(2)25(24)23-20-5-3-4-19(20)15-8-6-14(7-9-15)16-10-17(21)12-18(22)11-16/h4,6-13,20,23H,3,5H2,1-2H3. The molecule has 2 aromatic carbocycles. The molecule has 0 saturated heterocycles. The molecule has 2 aromatic rings. The molecule has 0 bridgehead atoms. The summed E-state index contributed by atoms with van der Waals surface area (Å²) in [7, 11) is -1.07. The van der Waals surface area contributed by atoms with E-state index in [-0.39, 0.29) is 11.3 Å². The third-order valence-corrected chi connectivity index (χ3v) is 5.67. The molecule has 0 radical (unpaired) electrons. The Bertz CT molecular complexity index is 795. The van der Waals surface area contributed by atoms with Crippen molar-refractivity contribution in [3.63, 3.8) is 0 Å². The van der Waals surface area contributed by atoms with E-state index in [0.29, 0.717) is 5.56 Å². The van der Waals surface area contributed by atoms with E-state index in [1.807, 2.05) is 38.1 Å². The van der Waals surface area contributed by atoms with Crippen LogP contribution >= 0.6 is 0 Å². The van der Waals surface area contributed by atoms with E-state index in [2.05, 4.69) is 10.8 Å². The molecule has 1 aliphatic rings. The van der Waals surface area contributed by atoms with Crippen LogP contribution in [0.4, 0.5) is 8.78 Å². The average molecular weight is 361 g/mol. The van der Waals surface area contributed by atoms with Gasteiger partial charge < -0.3 is 0 Å². The number of benzene rings is 2. The van der Waals surface area contributed by atoms with Crippen molar-refractivity contribution in [3.8, 4) is 11.1 Å². The smallest absolute Gasteiger partial charge is 0.126 e. The molecule has 1 N–H and O–H groups in total. The third kappa shape index (κ3) is 4.22. The molecule has 0 aliphatic heterocycles. The highest BCUT2D eigenvalue weighted by atomic mass is 32.2. The van der Waals surface area contributed by atoms with Crippen LogP contribution in [0, 0.1) is 11.6 Å². The molecule has 1 aliphatic carbocycles. The van der Waals surface area contributed by atoms with Crippen molar-refractivity contribution < 1.29 is 13.0 Å². The molecule has 0 saturated carbocycles. The number of hydrogen-bond acceptors (Lipinski definition) is 1. The monoisotopic (exact) mass is 361 g/mol. The number of rotatable bonds is 5. The van der Waals surface area contributed by atoms with E-state index in [9.17, 15) is 13.0 Å². The number of allylic oxidation sites excluding steroid dienone is 1. The lowest BCUT2D eigenvalue weighted by Gasteiger charge is -2.18. The van der Waals surface area contributed by atoms with E-state index < -0.39 is 22.6 Å². The second-order valence-electron chi connectivity index (χ2n) is 6.49. The van der Waals surface area contributed by atoms with Crippen LogP contribution in [0.3, 0.4) is 0 Å². The fourth-order valence-corrected chi connectivity index (χ4v) is 3.79. The number of hydrogen-bond donors (Lipinski definition) is 1. The van der Waals surface area contributed by atoms with Crippen LogP contribution in [-0.4, -0.2) is 15.5 Å². The second-order valence-corrected chi connectivity index (χ2v) is 8.26. The maximum atomic E-state index is 13.4. The fourth-order valence-electron chi connectivity index (χ4n) is 3.00. The maximum absolute atomic E-state index is 13.4. The van der Waals surface area contributed by atoms with E-state index >= 15 is 0 Å². The second kappa shape index (κ2) is 7.58. The summed E-state index contributed by atoms with van der Waals surface area (Å²) in [6, 6.07) is 11.2. The zero-order valence-corrected chi connectivity index (χ0v) is 15.1. The van der Waals surface area contributed by atoms with Gasteiger partial charge in [-0.1, -0.05) is 30.3 Å². The Morgan fingerprint density at radius 2 is 1.60 bits per heavy atom. The SMILES string of the molecule is CC(C)S(=O)NC1CCC=C1c1ccc(-c2cc(F)cc(F)c2)cc1.